The van der Waals surface area contributed by atoms with E-state index in [2.05, 4.69) is 28.2 Å². The lowest BCUT2D eigenvalue weighted by Crippen LogP contribution is -2.47. The van der Waals surface area contributed by atoms with E-state index in [9.17, 15) is 0 Å². The number of ether oxygens (including phenoxy) is 1. The van der Waals surface area contributed by atoms with Gasteiger partial charge in [0.2, 0.25) is 0 Å². The molecule has 0 bridgehead atoms. The van der Waals surface area contributed by atoms with Gasteiger partial charge in [0.05, 0.1) is 19.3 Å². The molecule has 19 heavy (non-hydrogen) atoms. The zero-order valence-electron chi connectivity index (χ0n) is 11.1. The van der Waals surface area contributed by atoms with E-state index in [0.717, 1.165) is 25.3 Å². The largest absolute Gasteiger partial charge is 0.375 e. The first-order valence-corrected chi connectivity index (χ1v) is 7.87. The van der Waals surface area contributed by atoms with E-state index in [1.807, 2.05) is 0 Å². The molecule has 1 aromatic rings. The average Bonchev–Trinajstić information content (AvgIpc) is 3.05. The quantitative estimate of drug-likeness (QED) is 0.837. The second kappa shape index (κ2) is 6.06. The van der Waals surface area contributed by atoms with Crippen molar-refractivity contribution < 1.29 is 4.74 Å². The van der Waals surface area contributed by atoms with Crippen molar-refractivity contribution in [3.63, 3.8) is 0 Å². The summed E-state index contributed by atoms with van der Waals surface area (Å²) in [6.07, 6.45) is 4.31. The van der Waals surface area contributed by atoms with Crippen molar-refractivity contribution in [1.82, 2.24) is 4.90 Å². The Balaban J connectivity index is 1.65. The highest BCUT2D eigenvalue weighted by atomic mass is 32.1. The first-order valence-electron chi connectivity index (χ1n) is 6.99. The molecular formula is C15H20N2OS. The molecule has 3 rings (SSSR count). The van der Waals surface area contributed by atoms with Crippen LogP contribution < -0.4 is 5.73 Å². The number of rotatable bonds is 2. The fourth-order valence-corrected chi connectivity index (χ4v) is 3.93. The Morgan fingerprint density at radius 2 is 2.42 bits per heavy atom. The summed E-state index contributed by atoms with van der Waals surface area (Å²) >= 11 is 1.80. The van der Waals surface area contributed by atoms with Crippen LogP contribution in [-0.4, -0.2) is 36.7 Å². The van der Waals surface area contributed by atoms with Gasteiger partial charge in [-0.1, -0.05) is 11.8 Å². The predicted octanol–water partition coefficient (Wildman–Crippen LogP) is 1.81. The van der Waals surface area contributed by atoms with Gasteiger partial charge in [0.15, 0.2) is 0 Å². The highest BCUT2D eigenvalue weighted by molar-refractivity contribution is 7.10. The van der Waals surface area contributed by atoms with Crippen molar-refractivity contribution in [2.45, 2.75) is 38.0 Å². The van der Waals surface area contributed by atoms with Crippen LogP contribution in [0.5, 0.6) is 0 Å². The fourth-order valence-electron chi connectivity index (χ4n) is 3.08. The third-order valence-corrected chi connectivity index (χ3v) is 4.87. The second-order valence-corrected chi connectivity index (χ2v) is 6.18. The van der Waals surface area contributed by atoms with Gasteiger partial charge in [-0.3, -0.25) is 4.90 Å². The molecule has 0 radical (unpaired) electrons. The molecule has 1 aliphatic carbocycles. The lowest BCUT2D eigenvalue weighted by Gasteiger charge is -2.37. The minimum absolute atomic E-state index is 0.429. The number of nitrogens with zero attached hydrogens (tertiary/aromatic N) is 1. The van der Waals surface area contributed by atoms with E-state index in [-0.39, 0.29) is 0 Å². The molecule has 1 saturated heterocycles. The van der Waals surface area contributed by atoms with Crippen molar-refractivity contribution in [2.75, 3.05) is 19.7 Å². The van der Waals surface area contributed by atoms with Crippen LogP contribution in [0.15, 0.2) is 11.4 Å². The molecule has 3 nitrogen and oxygen atoms in total. The Kier molecular flexibility index (Phi) is 4.19. The van der Waals surface area contributed by atoms with E-state index in [0.29, 0.717) is 18.7 Å². The maximum absolute atomic E-state index is 5.85. The molecular weight excluding hydrogens is 256 g/mol. The van der Waals surface area contributed by atoms with Crippen LogP contribution in [0.3, 0.4) is 0 Å². The number of hydrogen-bond acceptors (Lipinski definition) is 4. The molecule has 0 amide bonds. The van der Waals surface area contributed by atoms with Crippen LogP contribution in [0.2, 0.25) is 0 Å². The third kappa shape index (κ3) is 3.01. The topological polar surface area (TPSA) is 38.5 Å². The van der Waals surface area contributed by atoms with Crippen LogP contribution in [0, 0.1) is 11.8 Å². The van der Waals surface area contributed by atoms with Gasteiger partial charge in [-0.15, -0.1) is 11.3 Å². The first-order chi connectivity index (χ1) is 9.36. The van der Waals surface area contributed by atoms with Gasteiger partial charge in [0.1, 0.15) is 0 Å². The summed E-state index contributed by atoms with van der Waals surface area (Å²) < 4.78 is 5.85. The average molecular weight is 276 g/mol. The maximum atomic E-state index is 5.85. The van der Waals surface area contributed by atoms with Crippen LogP contribution >= 0.6 is 11.3 Å². The Hall–Kier alpha value is -0.860. The number of nitrogens with two attached hydrogens (primary N) is 1. The zero-order valence-corrected chi connectivity index (χ0v) is 11.9. The van der Waals surface area contributed by atoms with E-state index < -0.39 is 0 Å². The predicted molar refractivity (Wildman–Crippen MR) is 78.0 cm³/mol. The lowest BCUT2D eigenvalue weighted by molar-refractivity contribution is -0.0584. The van der Waals surface area contributed by atoms with Crippen LogP contribution in [0.4, 0.5) is 0 Å². The van der Waals surface area contributed by atoms with Crippen molar-refractivity contribution in [3.05, 3.63) is 21.9 Å². The van der Waals surface area contributed by atoms with Gasteiger partial charge in [0.25, 0.3) is 0 Å². The molecule has 2 aliphatic rings. The van der Waals surface area contributed by atoms with Crippen molar-refractivity contribution in [2.24, 2.45) is 5.73 Å². The van der Waals surface area contributed by atoms with Crippen LogP contribution in [-0.2, 0) is 11.3 Å². The molecule has 0 aromatic carbocycles. The van der Waals surface area contributed by atoms with Gasteiger partial charge >= 0.3 is 0 Å². The molecule has 0 spiro atoms. The van der Waals surface area contributed by atoms with Crippen molar-refractivity contribution >= 4 is 11.3 Å². The van der Waals surface area contributed by atoms with Gasteiger partial charge in [-0.2, -0.15) is 0 Å². The van der Waals surface area contributed by atoms with Gasteiger partial charge in [-0.25, -0.2) is 0 Å². The summed E-state index contributed by atoms with van der Waals surface area (Å²) in [6, 6.07) is 2.83. The minimum Gasteiger partial charge on any atom is -0.375 e. The van der Waals surface area contributed by atoms with Crippen LogP contribution in [0.1, 0.15) is 29.7 Å². The summed E-state index contributed by atoms with van der Waals surface area (Å²) in [6.45, 7) is 3.41. The summed E-state index contributed by atoms with van der Waals surface area (Å²) in [4.78, 5) is 3.99. The highest BCUT2D eigenvalue weighted by Crippen LogP contribution is 2.31. The molecule has 102 valence electrons. The Morgan fingerprint density at radius 1 is 1.47 bits per heavy atom. The normalized spacial score (nSPS) is 26.8. The van der Waals surface area contributed by atoms with Gasteiger partial charge < -0.3 is 10.5 Å². The molecule has 2 unspecified atom stereocenters. The van der Waals surface area contributed by atoms with E-state index in [4.69, 9.17) is 10.5 Å². The zero-order chi connectivity index (χ0) is 13.1. The van der Waals surface area contributed by atoms with Gasteiger partial charge in [-0.05, 0) is 25.3 Å². The molecule has 1 aromatic heterocycles. The Bertz CT molecular complexity index is 488. The summed E-state index contributed by atoms with van der Waals surface area (Å²) in [5.41, 5.74) is 6.50. The molecule has 4 heteroatoms. The number of morpholine rings is 1. The first kappa shape index (κ1) is 13.1. The maximum Gasteiger partial charge on any atom is 0.0731 e. The molecule has 1 saturated carbocycles. The molecule has 2 atom stereocenters. The second-order valence-electron chi connectivity index (χ2n) is 5.19. The summed E-state index contributed by atoms with van der Waals surface area (Å²) in [5.74, 6) is 6.01. The van der Waals surface area contributed by atoms with Gasteiger partial charge in [0, 0.05) is 35.0 Å². The SMILES string of the molecule is NCC#Cc1csc(CN2CCOC3CCCC32)c1. The number of hydrogen-bond donors (Lipinski definition) is 1. The number of thiophene rings is 1. The standard InChI is InChI=1S/C15H20N2OS/c16-6-2-3-12-9-13(19-11-12)10-17-7-8-18-15-5-1-4-14(15)17/h9,11,14-15H,1,4-8,10,16H2. The summed E-state index contributed by atoms with van der Waals surface area (Å²) in [7, 11) is 0. The lowest BCUT2D eigenvalue weighted by atomic mass is 10.1. The fraction of sp³-hybridized carbons (Fsp3) is 0.600. The van der Waals surface area contributed by atoms with E-state index >= 15 is 0 Å². The Morgan fingerprint density at radius 3 is 3.32 bits per heavy atom. The van der Waals surface area contributed by atoms with Crippen molar-refractivity contribution in [3.8, 4) is 11.8 Å². The minimum atomic E-state index is 0.429. The van der Waals surface area contributed by atoms with E-state index in [1.54, 1.807) is 11.3 Å². The molecule has 1 aliphatic heterocycles. The smallest absolute Gasteiger partial charge is 0.0731 e. The highest BCUT2D eigenvalue weighted by Gasteiger charge is 2.35. The monoisotopic (exact) mass is 276 g/mol. The summed E-state index contributed by atoms with van der Waals surface area (Å²) in [5, 5.41) is 2.13. The van der Waals surface area contributed by atoms with Crippen molar-refractivity contribution in [1.29, 1.82) is 0 Å². The molecule has 2 heterocycles. The third-order valence-electron chi connectivity index (χ3n) is 3.94. The number of fused-ring (bicyclic) bond motifs is 1. The van der Waals surface area contributed by atoms with Crippen LogP contribution in [0.25, 0.3) is 0 Å². The molecule has 2 N–H and O–H groups in total. The van der Waals surface area contributed by atoms with E-state index in [1.165, 1.54) is 24.1 Å². The molecule has 2 fully saturated rings. The Labute approximate surface area is 118 Å².